The van der Waals surface area contributed by atoms with E-state index >= 15 is 0 Å². The summed E-state index contributed by atoms with van der Waals surface area (Å²) in [4.78, 5) is 0. The van der Waals surface area contributed by atoms with Gasteiger partial charge in [-0.3, -0.25) is 0 Å². The molecule has 12 heavy (non-hydrogen) atoms. The number of hydrogen-bond donors (Lipinski definition) is 2. The third kappa shape index (κ3) is 1.32. The molecule has 0 aliphatic carbocycles. The van der Waals surface area contributed by atoms with Gasteiger partial charge in [0.2, 0.25) is 5.84 Å². The maximum atomic E-state index is 4.04. The predicted molar refractivity (Wildman–Crippen MR) is 44.4 cm³/mol. The number of amidine groups is 1. The first kappa shape index (κ1) is 6.97. The fraction of sp³-hybridized carbons (Fsp3) is 0.125. The van der Waals surface area contributed by atoms with Crippen molar-refractivity contribution < 1.29 is 5.11 Å². The van der Waals surface area contributed by atoms with E-state index in [-0.39, 0.29) is 0 Å². The summed E-state index contributed by atoms with van der Waals surface area (Å²) in [7, 11) is 0. The van der Waals surface area contributed by atoms with E-state index in [9.17, 15) is 0 Å². The first-order valence-electron chi connectivity index (χ1n) is 3.76. The topological polar surface area (TPSA) is 50.7 Å². The largest absolute Gasteiger partial charge is 0.253 e. The molecule has 4 heteroatoms. The summed E-state index contributed by atoms with van der Waals surface area (Å²) in [5, 5.41) is 10.9. The molecular weight excluding hydrogens is 152 g/mol. The van der Waals surface area contributed by atoms with E-state index in [1.165, 1.54) is 0 Å². The normalized spacial score (nSPS) is 15.2. The maximum Gasteiger partial charge on any atom is 0.253 e. The van der Waals surface area contributed by atoms with Gasteiger partial charge in [-0.05, 0) is 0 Å². The summed E-state index contributed by atoms with van der Waals surface area (Å²) in [6.45, 7) is 0.594. The lowest BCUT2D eigenvalue weighted by atomic mass is 10.2. The van der Waals surface area contributed by atoms with Crippen LogP contribution in [0.3, 0.4) is 0 Å². The Labute approximate surface area is 70.0 Å². The zero-order valence-corrected chi connectivity index (χ0v) is 6.49. The van der Waals surface area contributed by atoms with Crippen molar-refractivity contribution in [2.24, 2.45) is 10.2 Å². The second-order valence-corrected chi connectivity index (χ2v) is 2.41. The number of nitrogens with zero attached hydrogens (tertiary/aromatic N) is 2. The molecule has 0 saturated carbocycles. The monoisotopic (exact) mass is 161 g/mol. The molecule has 0 amide bonds. The van der Waals surface area contributed by atoms with Gasteiger partial charge in [-0.2, -0.15) is 0 Å². The zero-order valence-electron chi connectivity index (χ0n) is 6.49. The van der Waals surface area contributed by atoms with Gasteiger partial charge >= 0.3 is 0 Å². The van der Waals surface area contributed by atoms with E-state index in [0.717, 1.165) is 5.56 Å². The standard InChI is InChI=1S/C8H8N4/c1-2-4-7(5-3-1)8-11-9-6-10-12-8/h1-5,9H,6H2/p+1. The lowest BCUT2D eigenvalue weighted by Gasteiger charge is -2.00. The third-order valence-electron chi connectivity index (χ3n) is 1.56. The van der Waals surface area contributed by atoms with Crippen LogP contribution < -0.4 is 10.5 Å². The lowest BCUT2D eigenvalue weighted by Crippen LogP contribution is -2.72. The summed E-state index contributed by atoms with van der Waals surface area (Å²) < 4.78 is 0. The van der Waals surface area contributed by atoms with Crippen LogP contribution in [0.1, 0.15) is 5.56 Å². The second kappa shape index (κ2) is 3.13. The minimum atomic E-state index is 0.594. The minimum Gasteiger partial charge on any atom is -0.247 e. The van der Waals surface area contributed by atoms with Crippen molar-refractivity contribution in [3.05, 3.63) is 35.9 Å². The highest BCUT2D eigenvalue weighted by atomic mass is 15.4. The van der Waals surface area contributed by atoms with Crippen molar-refractivity contribution in [2.75, 3.05) is 6.67 Å². The summed E-state index contributed by atoms with van der Waals surface area (Å²) in [5.74, 6) is 0.696. The Morgan fingerprint density at radius 2 is 2.08 bits per heavy atom. The van der Waals surface area contributed by atoms with Gasteiger partial charge in [0.25, 0.3) is 6.67 Å². The Hall–Kier alpha value is -1.71. The van der Waals surface area contributed by atoms with Gasteiger partial charge in [0.1, 0.15) is 0 Å². The summed E-state index contributed by atoms with van der Waals surface area (Å²) in [5.41, 5.74) is 3.83. The Bertz CT molecular complexity index is 315. The molecule has 1 heterocycles. The summed E-state index contributed by atoms with van der Waals surface area (Å²) in [6, 6.07) is 9.83. The number of rotatable bonds is 1. The third-order valence-corrected chi connectivity index (χ3v) is 1.56. The van der Waals surface area contributed by atoms with E-state index in [1.807, 2.05) is 30.3 Å². The Kier molecular flexibility index (Phi) is 1.82. The Morgan fingerprint density at radius 3 is 2.75 bits per heavy atom. The van der Waals surface area contributed by atoms with Crippen LogP contribution in [-0.4, -0.2) is 12.5 Å². The highest BCUT2D eigenvalue weighted by Gasteiger charge is 2.06. The number of hydrogen-bond acceptors (Lipinski definition) is 3. The van der Waals surface area contributed by atoms with Gasteiger partial charge in [-0.15, -0.1) is 10.2 Å². The smallest absolute Gasteiger partial charge is 0.247 e. The van der Waals surface area contributed by atoms with Crippen LogP contribution in [-0.2, 0) is 0 Å². The van der Waals surface area contributed by atoms with Crippen molar-refractivity contribution >= 4 is 5.84 Å². The van der Waals surface area contributed by atoms with Crippen LogP contribution in [0.5, 0.6) is 0 Å². The molecule has 4 nitrogen and oxygen atoms in total. The summed E-state index contributed by atoms with van der Waals surface area (Å²) >= 11 is 0. The molecule has 1 aliphatic rings. The average molecular weight is 161 g/mol. The second-order valence-electron chi connectivity index (χ2n) is 2.41. The highest BCUT2D eigenvalue weighted by Crippen LogP contribution is 2.00. The van der Waals surface area contributed by atoms with E-state index < -0.39 is 0 Å². The van der Waals surface area contributed by atoms with Crippen LogP contribution in [0.25, 0.3) is 0 Å². The van der Waals surface area contributed by atoms with Crippen molar-refractivity contribution in [1.82, 2.24) is 5.43 Å². The van der Waals surface area contributed by atoms with Crippen LogP contribution in [0.2, 0.25) is 0 Å². The molecule has 0 atom stereocenters. The molecular formula is C8H9N4+. The van der Waals surface area contributed by atoms with Gasteiger partial charge in [-0.25, -0.2) is 5.43 Å². The zero-order chi connectivity index (χ0) is 8.23. The maximum absolute atomic E-state index is 4.04. The SMILES string of the molecule is c1ccc(C2=NNC[NH+]=N2)cc1. The minimum absolute atomic E-state index is 0.594. The molecule has 1 aromatic carbocycles. The Morgan fingerprint density at radius 1 is 1.25 bits per heavy atom. The molecule has 1 aromatic rings. The van der Waals surface area contributed by atoms with Crippen molar-refractivity contribution in [3.8, 4) is 0 Å². The molecule has 0 bridgehead atoms. The van der Waals surface area contributed by atoms with Crippen LogP contribution in [0, 0.1) is 0 Å². The van der Waals surface area contributed by atoms with E-state index in [4.69, 9.17) is 0 Å². The molecule has 0 spiro atoms. The molecule has 0 unspecified atom stereocenters. The highest BCUT2D eigenvalue weighted by molar-refractivity contribution is 5.98. The van der Waals surface area contributed by atoms with Gasteiger partial charge in [0, 0.05) is 10.7 Å². The lowest BCUT2D eigenvalue weighted by molar-refractivity contribution is -0.533. The van der Waals surface area contributed by atoms with Crippen molar-refractivity contribution in [3.63, 3.8) is 0 Å². The molecule has 60 valence electrons. The molecule has 0 radical (unpaired) electrons. The first-order chi connectivity index (χ1) is 5.97. The average Bonchev–Trinajstić information content (AvgIpc) is 2.21. The fourth-order valence-corrected chi connectivity index (χ4v) is 1.01. The van der Waals surface area contributed by atoms with Crippen molar-refractivity contribution in [1.29, 1.82) is 0 Å². The quantitative estimate of drug-likeness (QED) is 0.570. The van der Waals surface area contributed by atoms with E-state index in [2.05, 4.69) is 20.8 Å². The van der Waals surface area contributed by atoms with Crippen LogP contribution in [0.4, 0.5) is 0 Å². The van der Waals surface area contributed by atoms with Gasteiger partial charge in [-0.1, -0.05) is 30.3 Å². The van der Waals surface area contributed by atoms with Crippen LogP contribution >= 0.6 is 0 Å². The molecule has 2 N–H and O–H groups in total. The number of benzene rings is 1. The Balaban J connectivity index is 2.31. The van der Waals surface area contributed by atoms with Crippen molar-refractivity contribution in [2.45, 2.75) is 0 Å². The molecule has 2 rings (SSSR count). The number of azo groups is 1. The predicted octanol–water partition coefficient (Wildman–Crippen LogP) is -0.558. The van der Waals surface area contributed by atoms with Gasteiger partial charge in [0.05, 0.1) is 0 Å². The van der Waals surface area contributed by atoms with Gasteiger partial charge in [0.15, 0.2) is 0 Å². The molecule has 0 aromatic heterocycles. The number of nitrogens with one attached hydrogen (secondary N) is 2. The summed E-state index contributed by atoms with van der Waals surface area (Å²) in [6.07, 6.45) is 0. The number of hydrazone groups is 1. The van der Waals surface area contributed by atoms with E-state index in [0.29, 0.717) is 12.5 Å². The molecule has 0 saturated heterocycles. The first-order valence-corrected chi connectivity index (χ1v) is 3.76. The molecule has 0 fully saturated rings. The van der Waals surface area contributed by atoms with E-state index in [1.54, 1.807) is 0 Å². The fourth-order valence-electron chi connectivity index (χ4n) is 1.01. The van der Waals surface area contributed by atoms with Crippen LogP contribution in [0.15, 0.2) is 40.5 Å². The van der Waals surface area contributed by atoms with Gasteiger partial charge < -0.3 is 0 Å². The molecule has 1 aliphatic heterocycles.